The van der Waals surface area contributed by atoms with Gasteiger partial charge in [0, 0.05) is 45.5 Å². The van der Waals surface area contributed by atoms with Crippen molar-refractivity contribution in [2.24, 2.45) is 0 Å². The zero-order valence-electron chi connectivity index (χ0n) is 22.4. The molecule has 0 amide bonds. The number of nitrogens with zero attached hydrogens (tertiary/aromatic N) is 3. The van der Waals surface area contributed by atoms with Crippen molar-refractivity contribution in [2.45, 2.75) is 69.2 Å². The van der Waals surface area contributed by atoms with Crippen LogP contribution in [0.1, 0.15) is 59.0 Å². The van der Waals surface area contributed by atoms with E-state index in [1.54, 1.807) is 29.5 Å². The summed E-state index contributed by atoms with van der Waals surface area (Å²) in [5.41, 5.74) is 2.98. The van der Waals surface area contributed by atoms with E-state index in [-0.39, 0.29) is 35.9 Å². The number of carbonyl (C=O) groups is 1. The summed E-state index contributed by atoms with van der Waals surface area (Å²) in [5, 5.41) is 9.05. The molecule has 42 heavy (non-hydrogen) atoms. The van der Waals surface area contributed by atoms with Crippen LogP contribution in [0.25, 0.3) is 22.5 Å². The molecule has 5 heterocycles. The molecule has 3 aromatic heterocycles. The molecule has 2 saturated carbocycles. The highest BCUT2D eigenvalue weighted by molar-refractivity contribution is 7.14. The van der Waals surface area contributed by atoms with Crippen molar-refractivity contribution in [3.8, 4) is 28.3 Å². The first-order valence-electron chi connectivity index (χ1n) is 13.6. The number of halogens is 3. The number of benzene rings is 1. The van der Waals surface area contributed by atoms with Crippen molar-refractivity contribution < 1.29 is 36.7 Å². The highest BCUT2D eigenvalue weighted by Gasteiger charge is 2.47. The lowest BCUT2D eigenvalue weighted by molar-refractivity contribution is -0.274. The zero-order valence-corrected chi connectivity index (χ0v) is 24.1. The molecule has 4 aliphatic rings. The number of aromatic nitrogens is 2. The molecule has 8 nitrogen and oxygen atoms in total. The summed E-state index contributed by atoms with van der Waals surface area (Å²) in [6.07, 6.45) is -0.202. The van der Waals surface area contributed by atoms with Gasteiger partial charge in [0.15, 0.2) is 5.13 Å². The monoisotopic (exact) mass is 617 g/mol. The van der Waals surface area contributed by atoms with Crippen molar-refractivity contribution in [1.29, 1.82) is 0 Å². The second-order valence-electron chi connectivity index (χ2n) is 10.8. The standard InChI is InChI=1S/C29H26F3N3O5S2/c1-37-27(36)24-8-16(13-41-24)22-14-42-28(33-22)35-17-9-18(35)11-19(10-17)38-12-21-25(34-40-26(21)15-6-7-15)20-4-2-3-5-23(20)39-29(30,31)32/h2-5,8,13-15,17-19H,6-7,9-12H2,1H3/t17-,18+,19+. The lowest BCUT2D eigenvalue weighted by Crippen LogP contribution is -2.62. The number of thiophene rings is 1. The molecule has 8 rings (SSSR count). The molecule has 0 N–H and O–H groups in total. The number of carbonyl (C=O) groups excluding carboxylic acids is 1. The topological polar surface area (TPSA) is 86.9 Å². The van der Waals surface area contributed by atoms with Crippen LogP contribution in [0.15, 0.2) is 45.6 Å². The Morgan fingerprint density at radius 2 is 1.90 bits per heavy atom. The molecular weight excluding hydrogens is 591 g/mol. The Labute approximate surface area is 247 Å². The number of ether oxygens (including phenoxy) is 3. The first-order valence-corrected chi connectivity index (χ1v) is 15.4. The molecule has 0 spiro atoms. The summed E-state index contributed by atoms with van der Waals surface area (Å²) in [6.45, 7) is 0.206. The van der Waals surface area contributed by atoms with E-state index in [9.17, 15) is 18.0 Å². The van der Waals surface area contributed by atoms with E-state index >= 15 is 0 Å². The van der Waals surface area contributed by atoms with Crippen LogP contribution in [-0.2, 0) is 16.1 Å². The number of fused-ring (bicyclic) bond motifs is 2. The molecule has 2 saturated heterocycles. The van der Waals surface area contributed by atoms with Crippen LogP contribution in [0.4, 0.5) is 18.3 Å². The molecule has 3 atom stereocenters. The number of methoxy groups -OCH3 is 1. The third-order valence-electron chi connectivity index (χ3n) is 7.99. The molecule has 13 heteroatoms. The number of alkyl halides is 3. The number of anilines is 1. The van der Waals surface area contributed by atoms with Gasteiger partial charge in [-0.3, -0.25) is 0 Å². The van der Waals surface area contributed by atoms with E-state index in [1.807, 2.05) is 10.8 Å². The molecule has 4 fully saturated rings. The lowest BCUT2D eigenvalue weighted by Gasteiger charge is -2.55. The summed E-state index contributed by atoms with van der Waals surface area (Å²) in [6, 6.07) is 8.38. The number of hydrogen-bond acceptors (Lipinski definition) is 10. The summed E-state index contributed by atoms with van der Waals surface area (Å²) >= 11 is 2.92. The van der Waals surface area contributed by atoms with Crippen LogP contribution in [0.2, 0.25) is 0 Å². The first-order chi connectivity index (χ1) is 20.3. The predicted molar refractivity (Wildman–Crippen MR) is 150 cm³/mol. The highest BCUT2D eigenvalue weighted by atomic mass is 32.1. The lowest BCUT2D eigenvalue weighted by atomic mass is 9.78. The van der Waals surface area contributed by atoms with E-state index in [0.29, 0.717) is 34.0 Å². The number of hydrogen-bond donors (Lipinski definition) is 0. The van der Waals surface area contributed by atoms with Gasteiger partial charge in [0.05, 0.1) is 25.5 Å². The Bertz CT molecular complexity index is 1600. The molecule has 4 aromatic rings. The second kappa shape index (κ2) is 10.7. The van der Waals surface area contributed by atoms with Gasteiger partial charge in [-0.2, -0.15) is 0 Å². The normalized spacial score (nSPS) is 21.7. The maximum atomic E-state index is 13.1. The Balaban J connectivity index is 1.04. The number of rotatable bonds is 9. The molecule has 0 radical (unpaired) electrons. The summed E-state index contributed by atoms with van der Waals surface area (Å²) in [4.78, 5) is 19.6. The van der Waals surface area contributed by atoms with E-state index in [0.717, 1.165) is 48.5 Å². The largest absolute Gasteiger partial charge is 0.573 e. The second-order valence-corrected chi connectivity index (χ2v) is 12.5. The summed E-state index contributed by atoms with van der Waals surface area (Å²) in [7, 11) is 1.37. The van der Waals surface area contributed by atoms with Gasteiger partial charge < -0.3 is 23.6 Å². The van der Waals surface area contributed by atoms with Crippen LogP contribution in [0.3, 0.4) is 0 Å². The minimum Gasteiger partial charge on any atom is -0.465 e. The Morgan fingerprint density at radius 3 is 2.64 bits per heavy atom. The third kappa shape index (κ3) is 5.29. The minimum atomic E-state index is -4.82. The molecule has 2 aliphatic carbocycles. The number of thiazole rings is 1. The van der Waals surface area contributed by atoms with Gasteiger partial charge in [-0.05, 0) is 50.3 Å². The fourth-order valence-corrected chi connectivity index (χ4v) is 7.68. The van der Waals surface area contributed by atoms with E-state index in [2.05, 4.69) is 14.8 Å². The van der Waals surface area contributed by atoms with Crippen LogP contribution in [0.5, 0.6) is 5.75 Å². The fraction of sp³-hybridized carbons (Fsp3) is 0.414. The minimum absolute atomic E-state index is 0.000364. The van der Waals surface area contributed by atoms with Crippen LogP contribution >= 0.6 is 22.7 Å². The van der Waals surface area contributed by atoms with Crippen molar-refractivity contribution in [3.63, 3.8) is 0 Å². The summed E-state index contributed by atoms with van der Waals surface area (Å²) < 4.78 is 60.4. The van der Waals surface area contributed by atoms with E-state index in [4.69, 9.17) is 19.0 Å². The smallest absolute Gasteiger partial charge is 0.465 e. The summed E-state index contributed by atoms with van der Waals surface area (Å²) in [5.74, 6) is 0.227. The van der Waals surface area contributed by atoms with Crippen molar-refractivity contribution >= 4 is 33.8 Å². The molecule has 1 aromatic carbocycles. The maximum Gasteiger partial charge on any atom is 0.573 e. The van der Waals surface area contributed by atoms with E-state index in [1.165, 1.54) is 30.6 Å². The van der Waals surface area contributed by atoms with Crippen molar-refractivity contribution in [1.82, 2.24) is 10.1 Å². The van der Waals surface area contributed by atoms with Crippen molar-refractivity contribution in [3.05, 3.63) is 57.3 Å². The van der Waals surface area contributed by atoms with Gasteiger partial charge in [-0.25, -0.2) is 9.78 Å². The van der Waals surface area contributed by atoms with E-state index < -0.39 is 6.36 Å². The third-order valence-corrected chi connectivity index (χ3v) is 9.76. The van der Waals surface area contributed by atoms with Crippen molar-refractivity contribution in [2.75, 3.05) is 12.0 Å². The van der Waals surface area contributed by atoms with Gasteiger partial charge in [0.2, 0.25) is 0 Å². The fourth-order valence-electron chi connectivity index (χ4n) is 5.88. The quantitative estimate of drug-likeness (QED) is 0.180. The van der Waals surface area contributed by atoms with Gasteiger partial charge in [-0.1, -0.05) is 17.3 Å². The average molecular weight is 618 g/mol. The SMILES string of the molecule is COC(=O)c1cc(-c2csc(N3[C@@H]4C[C@@H](OCc5c(-c6ccccc6OC(F)(F)F)noc5C5CC5)C[C@H]3C4)n2)cs1. The maximum absolute atomic E-state index is 13.1. The van der Waals surface area contributed by atoms with Crippen LogP contribution < -0.4 is 9.64 Å². The zero-order chi connectivity index (χ0) is 29.0. The number of para-hydroxylation sites is 1. The Morgan fingerprint density at radius 1 is 1.12 bits per heavy atom. The molecule has 220 valence electrons. The van der Waals surface area contributed by atoms with Gasteiger partial charge in [0.1, 0.15) is 22.1 Å². The number of piperidine rings is 1. The van der Waals surface area contributed by atoms with Gasteiger partial charge >= 0.3 is 12.3 Å². The van der Waals surface area contributed by atoms with Crippen LogP contribution in [-0.4, -0.2) is 47.8 Å². The van der Waals surface area contributed by atoms with Gasteiger partial charge in [0.25, 0.3) is 0 Å². The molecular formula is C29H26F3N3O5S2. The molecule has 2 aliphatic heterocycles. The predicted octanol–water partition coefficient (Wildman–Crippen LogP) is 7.42. The molecule has 0 unspecified atom stereocenters. The van der Waals surface area contributed by atoms with Gasteiger partial charge in [-0.15, -0.1) is 35.8 Å². The first kappa shape index (κ1) is 27.4. The van der Waals surface area contributed by atoms with Crippen LogP contribution in [0, 0.1) is 0 Å². The Hall–Kier alpha value is -3.42. The molecule has 2 bridgehead atoms. The number of esters is 1. The Kier molecular flexibility index (Phi) is 6.98. The average Bonchev–Trinajstić information content (AvgIpc) is 3.33. The highest BCUT2D eigenvalue weighted by Crippen LogP contribution is 2.47.